The van der Waals surface area contributed by atoms with Crippen LogP contribution in [0.25, 0.3) is 0 Å². The molecule has 0 aliphatic heterocycles. The van der Waals surface area contributed by atoms with Gasteiger partial charge in [-0.15, -0.1) is 0 Å². The minimum Gasteiger partial charge on any atom is -0.346 e. The lowest BCUT2D eigenvalue weighted by molar-refractivity contribution is -0.125. The summed E-state index contributed by atoms with van der Waals surface area (Å²) in [5.41, 5.74) is 5.66. The van der Waals surface area contributed by atoms with Crippen LogP contribution >= 0.6 is 15.9 Å². The van der Waals surface area contributed by atoms with E-state index in [0.717, 1.165) is 0 Å². The van der Waals surface area contributed by atoms with E-state index in [9.17, 15) is 9.59 Å². The highest BCUT2D eigenvalue weighted by Crippen LogP contribution is 2.17. The summed E-state index contributed by atoms with van der Waals surface area (Å²) in [6, 6.07) is 2.88. The third kappa shape index (κ3) is 4.96. The van der Waals surface area contributed by atoms with Crippen LogP contribution in [0.3, 0.4) is 0 Å². The fourth-order valence-corrected chi connectivity index (χ4v) is 1.60. The van der Waals surface area contributed by atoms with Gasteiger partial charge in [0.05, 0.1) is 17.1 Å². The van der Waals surface area contributed by atoms with E-state index in [1.54, 1.807) is 18.3 Å². The average molecular weight is 329 g/mol. The number of hydrogen-bond acceptors (Lipinski definition) is 4. The van der Waals surface area contributed by atoms with Crippen molar-refractivity contribution in [1.82, 2.24) is 10.3 Å². The van der Waals surface area contributed by atoms with E-state index in [2.05, 4.69) is 31.5 Å². The van der Waals surface area contributed by atoms with E-state index in [-0.39, 0.29) is 24.3 Å². The van der Waals surface area contributed by atoms with Crippen LogP contribution in [0.15, 0.2) is 22.8 Å². The first-order valence-electron chi connectivity index (χ1n) is 5.85. The van der Waals surface area contributed by atoms with Gasteiger partial charge in [-0.2, -0.15) is 0 Å². The van der Waals surface area contributed by atoms with E-state index < -0.39 is 6.04 Å². The Balaban J connectivity index is 2.45. The Hall–Kier alpha value is -1.47. The Morgan fingerprint density at radius 3 is 2.74 bits per heavy atom. The van der Waals surface area contributed by atoms with Crippen LogP contribution in [0, 0.1) is 5.92 Å². The van der Waals surface area contributed by atoms with Gasteiger partial charge in [0.15, 0.2) is 0 Å². The van der Waals surface area contributed by atoms with Crippen molar-refractivity contribution in [2.45, 2.75) is 19.9 Å². The van der Waals surface area contributed by atoms with E-state index in [1.165, 1.54) is 0 Å². The van der Waals surface area contributed by atoms with Crippen molar-refractivity contribution >= 4 is 33.6 Å². The average Bonchev–Trinajstić information content (AvgIpc) is 2.37. The predicted octanol–water partition coefficient (Wildman–Crippen LogP) is 0.882. The summed E-state index contributed by atoms with van der Waals surface area (Å²) in [5.74, 6) is -0.267. The quantitative estimate of drug-likeness (QED) is 0.747. The van der Waals surface area contributed by atoms with Gasteiger partial charge >= 0.3 is 0 Å². The van der Waals surface area contributed by atoms with E-state index >= 15 is 0 Å². The lowest BCUT2D eigenvalue weighted by Crippen LogP contribution is -2.46. The molecule has 0 aliphatic carbocycles. The Kier molecular flexibility index (Phi) is 5.91. The largest absolute Gasteiger partial charge is 0.346 e. The third-order valence-corrected chi connectivity index (χ3v) is 3.10. The molecule has 2 amide bonds. The molecule has 1 rings (SSSR count). The van der Waals surface area contributed by atoms with Crippen molar-refractivity contribution in [3.63, 3.8) is 0 Å². The summed E-state index contributed by atoms with van der Waals surface area (Å²) in [5, 5.41) is 5.07. The van der Waals surface area contributed by atoms with E-state index in [1.807, 2.05) is 13.8 Å². The van der Waals surface area contributed by atoms with Gasteiger partial charge in [-0.25, -0.2) is 4.98 Å². The molecule has 1 aromatic heterocycles. The molecule has 1 heterocycles. The molecule has 0 bridgehead atoms. The summed E-state index contributed by atoms with van der Waals surface area (Å²) in [6.45, 7) is 3.55. The highest BCUT2D eigenvalue weighted by molar-refractivity contribution is 9.10. The van der Waals surface area contributed by atoms with Crippen molar-refractivity contribution in [3.05, 3.63) is 22.8 Å². The summed E-state index contributed by atoms with van der Waals surface area (Å²) >= 11 is 3.26. The predicted molar refractivity (Wildman–Crippen MR) is 76.4 cm³/mol. The number of nitrogens with zero attached hydrogens (tertiary/aromatic N) is 1. The Morgan fingerprint density at radius 2 is 2.16 bits per heavy atom. The maximum absolute atomic E-state index is 11.6. The monoisotopic (exact) mass is 328 g/mol. The SMILES string of the molecule is CC(C)[C@H](N)C(=O)NCC(=O)Nc1ncccc1Br. The number of carbonyl (C=O) groups is 2. The van der Waals surface area contributed by atoms with Crippen LogP contribution in [-0.2, 0) is 9.59 Å². The molecule has 0 saturated carbocycles. The van der Waals surface area contributed by atoms with Gasteiger partial charge in [-0.05, 0) is 34.0 Å². The molecule has 19 heavy (non-hydrogen) atoms. The molecule has 0 aliphatic rings. The van der Waals surface area contributed by atoms with Crippen molar-refractivity contribution in [3.8, 4) is 0 Å². The lowest BCUT2D eigenvalue weighted by atomic mass is 10.1. The van der Waals surface area contributed by atoms with Crippen molar-refractivity contribution < 1.29 is 9.59 Å². The second-order valence-electron chi connectivity index (χ2n) is 4.37. The van der Waals surface area contributed by atoms with Gasteiger partial charge in [0.1, 0.15) is 5.82 Å². The standard InChI is InChI=1S/C12H17BrN4O2/c1-7(2)10(14)12(19)16-6-9(18)17-11-8(13)4-3-5-15-11/h3-5,7,10H,6,14H2,1-2H3,(H,16,19)(H,15,17,18)/t10-/m0/s1. The molecule has 104 valence electrons. The number of nitrogens with two attached hydrogens (primary N) is 1. The summed E-state index contributed by atoms with van der Waals surface area (Å²) in [7, 11) is 0. The molecule has 0 aromatic carbocycles. The second kappa shape index (κ2) is 7.20. The third-order valence-electron chi connectivity index (χ3n) is 2.46. The van der Waals surface area contributed by atoms with Crippen molar-refractivity contribution in [2.24, 2.45) is 11.7 Å². The number of anilines is 1. The van der Waals surface area contributed by atoms with E-state index in [0.29, 0.717) is 10.3 Å². The van der Waals surface area contributed by atoms with Gasteiger partial charge in [0.25, 0.3) is 0 Å². The second-order valence-corrected chi connectivity index (χ2v) is 5.22. The first-order chi connectivity index (χ1) is 8.91. The number of rotatable bonds is 5. The normalized spacial score (nSPS) is 12.1. The van der Waals surface area contributed by atoms with Crippen LogP contribution in [0.2, 0.25) is 0 Å². The zero-order valence-corrected chi connectivity index (χ0v) is 12.4. The summed E-state index contributed by atoms with van der Waals surface area (Å²) in [4.78, 5) is 27.2. The van der Waals surface area contributed by atoms with Crippen LogP contribution in [0.4, 0.5) is 5.82 Å². The number of nitrogens with one attached hydrogen (secondary N) is 2. The Labute approximate surface area is 120 Å². The van der Waals surface area contributed by atoms with Crippen molar-refractivity contribution in [2.75, 3.05) is 11.9 Å². The molecule has 0 fully saturated rings. The molecular weight excluding hydrogens is 312 g/mol. The lowest BCUT2D eigenvalue weighted by Gasteiger charge is -2.15. The molecule has 4 N–H and O–H groups in total. The first kappa shape index (κ1) is 15.6. The Bertz CT molecular complexity index is 465. The fourth-order valence-electron chi connectivity index (χ4n) is 1.24. The minimum atomic E-state index is -0.616. The van der Waals surface area contributed by atoms with Crippen molar-refractivity contribution in [1.29, 1.82) is 0 Å². The number of hydrogen-bond donors (Lipinski definition) is 3. The van der Waals surface area contributed by atoms with Gasteiger partial charge in [-0.3, -0.25) is 9.59 Å². The van der Waals surface area contributed by atoms with Crippen LogP contribution in [-0.4, -0.2) is 29.4 Å². The van der Waals surface area contributed by atoms with Crippen LogP contribution < -0.4 is 16.4 Å². The number of halogens is 1. The number of aromatic nitrogens is 1. The minimum absolute atomic E-state index is 0.0213. The zero-order chi connectivity index (χ0) is 14.4. The highest BCUT2D eigenvalue weighted by atomic mass is 79.9. The number of carbonyl (C=O) groups excluding carboxylic acids is 2. The van der Waals surface area contributed by atoms with E-state index in [4.69, 9.17) is 5.73 Å². The highest BCUT2D eigenvalue weighted by Gasteiger charge is 2.17. The van der Waals surface area contributed by atoms with Gasteiger partial charge in [-0.1, -0.05) is 13.8 Å². The molecule has 0 unspecified atom stereocenters. The van der Waals surface area contributed by atoms with Crippen LogP contribution in [0.1, 0.15) is 13.8 Å². The molecule has 7 heteroatoms. The maximum atomic E-state index is 11.6. The molecule has 1 aromatic rings. The molecular formula is C12H17BrN4O2. The molecule has 0 saturated heterocycles. The van der Waals surface area contributed by atoms with Crippen LogP contribution in [0.5, 0.6) is 0 Å². The molecule has 0 radical (unpaired) electrons. The summed E-state index contributed by atoms with van der Waals surface area (Å²) < 4.78 is 0.675. The topological polar surface area (TPSA) is 97.1 Å². The zero-order valence-electron chi connectivity index (χ0n) is 10.8. The summed E-state index contributed by atoms with van der Waals surface area (Å²) in [6.07, 6.45) is 1.56. The molecule has 1 atom stereocenters. The maximum Gasteiger partial charge on any atom is 0.244 e. The first-order valence-corrected chi connectivity index (χ1v) is 6.64. The van der Waals surface area contributed by atoms with Gasteiger partial charge in [0, 0.05) is 6.20 Å². The van der Waals surface area contributed by atoms with Gasteiger partial charge in [0.2, 0.25) is 11.8 Å². The number of pyridine rings is 1. The van der Waals surface area contributed by atoms with Gasteiger partial charge < -0.3 is 16.4 Å². The smallest absolute Gasteiger partial charge is 0.244 e. The Morgan fingerprint density at radius 1 is 1.47 bits per heavy atom. The molecule has 6 nitrogen and oxygen atoms in total. The number of amides is 2. The molecule has 0 spiro atoms. The fraction of sp³-hybridized carbons (Fsp3) is 0.417.